The summed E-state index contributed by atoms with van der Waals surface area (Å²) in [5, 5.41) is 20.4. The molecule has 0 atom stereocenters. The molecule has 1 aromatic heterocycles. The molecule has 0 saturated carbocycles. The molecule has 0 unspecified atom stereocenters. The molecule has 1 aromatic carbocycles. The summed E-state index contributed by atoms with van der Waals surface area (Å²) < 4.78 is 10.3. The maximum absolute atomic E-state index is 11.6. The summed E-state index contributed by atoms with van der Waals surface area (Å²) >= 11 is 0. The molecule has 2 aromatic rings. The van der Waals surface area contributed by atoms with E-state index in [1.807, 2.05) is 0 Å². The molecule has 1 N–H and O–H groups in total. The number of hydrogen-bond acceptors (Lipinski definition) is 7. The van der Waals surface area contributed by atoms with Crippen LogP contribution in [0.25, 0.3) is 11.5 Å². The zero-order chi connectivity index (χ0) is 16.3. The lowest BCUT2D eigenvalue weighted by Gasteiger charge is -2.18. The molecule has 0 bridgehead atoms. The lowest BCUT2D eigenvalue weighted by Crippen LogP contribution is -2.27. The Balaban J connectivity index is 2.13. The summed E-state index contributed by atoms with van der Waals surface area (Å²) in [5.41, 5.74) is -0.385. The van der Waals surface area contributed by atoms with Crippen molar-refractivity contribution in [2.45, 2.75) is 26.4 Å². The number of benzene rings is 1. The first-order chi connectivity index (χ1) is 10.2. The van der Waals surface area contributed by atoms with Crippen LogP contribution in [0.3, 0.4) is 0 Å². The number of hydrogen-bond donors (Lipinski definition) is 1. The Hall–Kier alpha value is -2.97. The van der Waals surface area contributed by atoms with Crippen molar-refractivity contribution in [3.63, 3.8) is 0 Å². The van der Waals surface area contributed by atoms with Crippen LogP contribution in [0.15, 0.2) is 28.7 Å². The van der Waals surface area contributed by atoms with E-state index in [0.717, 1.165) is 0 Å². The van der Waals surface area contributed by atoms with Crippen molar-refractivity contribution in [1.29, 1.82) is 0 Å². The van der Waals surface area contributed by atoms with Crippen molar-refractivity contribution in [3.8, 4) is 11.5 Å². The highest BCUT2D eigenvalue weighted by Gasteiger charge is 2.19. The standard InChI is InChI=1S/C13H14N4O5/c1-13(2,3)22-12(18)14-11-16-15-10(21-11)8-5-4-6-9(7-8)17(19)20/h4-7H,1-3H3,(H,14,16,18). The van der Waals surface area contributed by atoms with Crippen molar-refractivity contribution in [3.05, 3.63) is 34.4 Å². The molecule has 0 aliphatic carbocycles. The van der Waals surface area contributed by atoms with Crippen LogP contribution in [-0.4, -0.2) is 26.8 Å². The summed E-state index contributed by atoms with van der Waals surface area (Å²) in [4.78, 5) is 21.8. The average molecular weight is 306 g/mol. The average Bonchev–Trinajstić information content (AvgIpc) is 2.85. The van der Waals surface area contributed by atoms with Crippen LogP contribution in [0, 0.1) is 10.1 Å². The normalized spacial score (nSPS) is 11.0. The Labute approximate surface area is 125 Å². The lowest BCUT2D eigenvalue weighted by molar-refractivity contribution is -0.384. The van der Waals surface area contributed by atoms with Gasteiger partial charge in [-0.25, -0.2) is 10.1 Å². The van der Waals surface area contributed by atoms with E-state index in [2.05, 4.69) is 15.5 Å². The number of nitrogens with one attached hydrogen (secondary N) is 1. The van der Waals surface area contributed by atoms with Crippen LogP contribution >= 0.6 is 0 Å². The largest absolute Gasteiger partial charge is 0.443 e. The van der Waals surface area contributed by atoms with Gasteiger partial charge in [0.1, 0.15) is 5.60 Å². The van der Waals surface area contributed by atoms with E-state index in [4.69, 9.17) is 9.15 Å². The smallest absolute Gasteiger partial charge is 0.415 e. The third kappa shape index (κ3) is 4.01. The Morgan fingerprint density at radius 3 is 2.73 bits per heavy atom. The van der Waals surface area contributed by atoms with Crippen molar-refractivity contribution in [2.24, 2.45) is 0 Å². The quantitative estimate of drug-likeness (QED) is 0.683. The van der Waals surface area contributed by atoms with Gasteiger partial charge in [-0.15, -0.1) is 5.10 Å². The highest BCUT2D eigenvalue weighted by Crippen LogP contribution is 2.24. The van der Waals surface area contributed by atoms with Crippen molar-refractivity contribution in [1.82, 2.24) is 10.2 Å². The molecule has 0 aliphatic rings. The van der Waals surface area contributed by atoms with Crippen molar-refractivity contribution in [2.75, 3.05) is 5.32 Å². The zero-order valence-corrected chi connectivity index (χ0v) is 12.2. The third-order valence-electron chi connectivity index (χ3n) is 2.34. The molecular weight excluding hydrogens is 292 g/mol. The van der Waals surface area contributed by atoms with E-state index >= 15 is 0 Å². The van der Waals surface area contributed by atoms with Gasteiger partial charge >= 0.3 is 12.1 Å². The molecule has 9 heteroatoms. The van der Waals surface area contributed by atoms with E-state index in [1.165, 1.54) is 18.2 Å². The minimum atomic E-state index is -0.734. The molecule has 0 aliphatic heterocycles. The van der Waals surface area contributed by atoms with Crippen LogP contribution in [0.4, 0.5) is 16.5 Å². The minimum Gasteiger partial charge on any atom is -0.443 e. The molecule has 2 rings (SSSR count). The van der Waals surface area contributed by atoms with Crippen LogP contribution < -0.4 is 5.32 Å². The zero-order valence-electron chi connectivity index (χ0n) is 12.2. The van der Waals surface area contributed by atoms with Gasteiger partial charge in [0.15, 0.2) is 0 Å². The highest BCUT2D eigenvalue weighted by molar-refractivity contribution is 5.82. The number of carbonyl (C=O) groups is 1. The van der Waals surface area contributed by atoms with Gasteiger partial charge in [-0.1, -0.05) is 11.2 Å². The van der Waals surface area contributed by atoms with Crippen LogP contribution in [-0.2, 0) is 4.74 Å². The Bertz CT molecular complexity index is 704. The van der Waals surface area contributed by atoms with Crippen LogP contribution in [0.1, 0.15) is 20.8 Å². The van der Waals surface area contributed by atoms with Crippen molar-refractivity contribution >= 4 is 17.8 Å². The van der Waals surface area contributed by atoms with Gasteiger partial charge in [0, 0.05) is 17.7 Å². The number of nitrogens with zero attached hydrogens (tertiary/aromatic N) is 3. The number of ether oxygens (including phenoxy) is 1. The molecule has 0 fully saturated rings. The maximum atomic E-state index is 11.6. The summed E-state index contributed by atoms with van der Waals surface area (Å²) in [6.45, 7) is 5.15. The minimum absolute atomic E-state index is 0.0507. The van der Waals surface area contributed by atoms with Crippen LogP contribution in [0.5, 0.6) is 0 Å². The summed E-state index contributed by atoms with van der Waals surface area (Å²) in [5.74, 6) is 0.0507. The predicted molar refractivity (Wildman–Crippen MR) is 76.2 cm³/mol. The topological polar surface area (TPSA) is 120 Å². The highest BCUT2D eigenvalue weighted by atomic mass is 16.6. The molecule has 1 heterocycles. The number of carbonyl (C=O) groups excluding carboxylic acids is 1. The number of nitro groups is 1. The first kappa shape index (κ1) is 15.4. The van der Waals surface area contributed by atoms with Gasteiger partial charge in [0.2, 0.25) is 5.89 Å². The number of nitro benzene ring substituents is 1. The lowest BCUT2D eigenvalue weighted by atomic mass is 10.2. The van der Waals surface area contributed by atoms with Gasteiger partial charge in [-0.2, -0.15) is 0 Å². The molecule has 0 saturated heterocycles. The second-order valence-corrected chi connectivity index (χ2v) is 5.35. The number of non-ortho nitro benzene ring substituents is 1. The molecule has 22 heavy (non-hydrogen) atoms. The number of aromatic nitrogens is 2. The molecule has 0 spiro atoms. The fourth-order valence-electron chi connectivity index (χ4n) is 1.53. The first-order valence-corrected chi connectivity index (χ1v) is 6.33. The van der Waals surface area contributed by atoms with E-state index in [9.17, 15) is 14.9 Å². The maximum Gasteiger partial charge on any atom is 0.415 e. The third-order valence-corrected chi connectivity index (χ3v) is 2.34. The summed E-state index contributed by atoms with van der Waals surface area (Å²) in [7, 11) is 0. The van der Waals surface area contributed by atoms with Gasteiger partial charge in [-0.05, 0) is 26.8 Å². The molecule has 1 amide bonds. The van der Waals surface area contributed by atoms with E-state index in [1.54, 1.807) is 26.8 Å². The van der Waals surface area contributed by atoms with E-state index in [-0.39, 0.29) is 17.6 Å². The Morgan fingerprint density at radius 1 is 1.36 bits per heavy atom. The van der Waals surface area contributed by atoms with Crippen molar-refractivity contribution < 1.29 is 18.9 Å². The number of rotatable bonds is 3. The summed E-state index contributed by atoms with van der Waals surface area (Å²) in [6.07, 6.45) is -0.734. The van der Waals surface area contributed by atoms with Gasteiger partial charge in [-0.3, -0.25) is 10.1 Å². The Morgan fingerprint density at radius 2 is 2.09 bits per heavy atom. The van der Waals surface area contributed by atoms with Crippen LogP contribution in [0.2, 0.25) is 0 Å². The molecule has 116 valence electrons. The molecule has 0 radical (unpaired) electrons. The second-order valence-electron chi connectivity index (χ2n) is 5.35. The Kier molecular flexibility index (Phi) is 4.06. The van der Waals surface area contributed by atoms with E-state index < -0.39 is 16.6 Å². The van der Waals surface area contributed by atoms with Gasteiger partial charge < -0.3 is 9.15 Å². The fraction of sp³-hybridized carbons (Fsp3) is 0.308. The van der Waals surface area contributed by atoms with Gasteiger partial charge in [0.05, 0.1) is 4.92 Å². The molecular formula is C13H14N4O5. The fourth-order valence-corrected chi connectivity index (χ4v) is 1.53. The van der Waals surface area contributed by atoms with Gasteiger partial charge in [0.25, 0.3) is 5.69 Å². The SMILES string of the molecule is CC(C)(C)OC(=O)Nc1nnc(-c2cccc([N+](=O)[O-])c2)o1. The second kappa shape index (κ2) is 5.80. The number of amides is 1. The summed E-state index contributed by atoms with van der Waals surface area (Å²) in [6, 6.07) is 5.57. The monoisotopic (exact) mass is 306 g/mol. The molecule has 9 nitrogen and oxygen atoms in total. The number of anilines is 1. The van der Waals surface area contributed by atoms with E-state index in [0.29, 0.717) is 5.56 Å². The predicted octanol–water partition coefficient (Wildman–Crippen LogP) is 2.99. The first-order valence-electron chi connectivity index (χ1n) is 6.33.